The van der Waals surface area contributed by atoms with Crippen molar-refractivity contribution in [3.05, 3.63) is 0 Å². The maximum Gasteiger partial charge on any atom is 2.00 e. The monoisotopic (exact) mass is 309 g/mol. The Kier molecular flexibility index (Phi) is 17.0. The van der Waals surface area contributed by atoms with Crippen molar-refractivity contribution >= 4 is 15.6 Å². The number of phosphoric acid groups is 2. The van der Waals surface area contributed by atoms with E-state index in [9.17, 15) is 0 Å². The molecule has 0 unspecified atom stereocenters. The van der Waals surface area contributed by atoms with Crippen LogP contribution >= 0.6 is 15.6 Å². The Bertz CT molecular complexity index is 129. The van der Waals surface area contributed by atoms with Crippen LogP contribution < -0.4 is 19.6 Å². The van der Waals surface area contributed by atoms with Crippen molar-refractivity contribution in [2.45, 2.75) is 0 Å². The van der Waals surface area contributed by atoms with Gasteiger partial charge < -0.3 is 33.9 Å². The van der Waals surface area contributed by atoms with Crippen LogP contribution in [0.25, 0.3) is 0 Å². The van der Waals surface area contributed by atoms with Crippen LogP contribution in [-0.4, -0.2) is 9.79 Å². The van der Waals surface area contributed by atoms with Gasteiger partial charge in [-0.25, -0.2) is 0 Å². The first-order chi connectivity index (χ1) is 4.00. The van der Waals surface area contributed by atoms with Crippen LogP contribution in [0.5, 0.6) is 0 Å². The molecule has 12 heavy (non-hydrogen) atoms. The zero-order valence-corrected chi connectivity index (χ0v) is 8.71. The molecule has 0 saturated carbocycles. The van der Waals surface area contributed by atoms with E-state index in [2.05, 4.69) is 0 Å². The van der Waals surface area contributed by atoms with Crippen LogP contribution in [0.1, 0.15) is 0 Å². The molecule has 2 N–H and O–H groups in total. The smallest absolute Gasteiger partial charge is 0.822 e. The molecular formula is H2CoNiO8P2. The molecule has 12 heteroatoms. The molecule has 0 aromatic heterocycles. The van der Waals surface area contributed by atoms with Crippen LogP contribution in [0.4, 0.5) is 0 Å². The minimum atomic E-state index is -5.39. The maximum atomic E-state index is 8.77. The molecule has 0 aliphatic rings. The molecule has 8 nitrogen and oxygen atoms in total. The zero-order chi connectivity index (χ0) is 9.00. The normalized spacial score (nSPS) is 9.83. The number of rotatable bonds is 0. The van der Waals surface area contributed by atoms with Crippen molar-refractivity contribution in [3.63, 3.8) is 0 Å². The summed E-state index contributed by atoms with van der Waals surface area (Å²) in [7, 11) is -10.3. The Morgan fingerprint density at radius 2 is 0.917 bits per heavy atom. The van der Waals surface area contributed by atoms with Crippen LogP contribution in [0.3, 0.4) is 0 Å². The number of hydrogen-bond acceptors (Lipinski definition) is 6. The van der Waals surface area contributed by atoms with Gasteiger partial charge in [0.15, 0.2) is 0 Å². The van der Waals surface area contributed by atoms with Gasteiger partial charge in [-0.2, -0.15) is 7.82 Å². The number of hydrogen-bond donors (Lipinski definition) is 2. The second kappa shape index (κ2) is 8.80. The zero-order valence-electron chi connectivity index (χ0n) is 4.89. The molecule has 0 heterocycles. The fourth-order valence-electron chi connectivity index (χ4n) is 0. The third-order valence-electron chi connectivity index (χ3n) is 0. The van der Waals surface area contributed by atoms with Crippen molar-refractivity contribution in [3.8, 4) is 0 Å². The van der Waals surface area contributed by atoms with E-state index in [1.807, 2.05) is 0 Å². The van der Waals surface area contributed by atoms with Crippen LogP contribution in [0, 0.1) is 0 Å². The summed E-state index contributed by atoms with van der Waals surface area (Å²) in [5, 5.41) is 0. The fourth-order valence-corrected chi connectivity index (χ4v) is 0. The fraction of sp³-hybridized carbons (Fsp3) is 0. The van der Waals surface area contributed by atoms with E-state index in [-0.39, 0.29) is 33.3 Å². The topological polar surface area (TPSA) is 167 Å². The molecule has 0 amide bonds. The van der Waals surface area contributed by atoms with Crippen LogP contribution in [0.15, 0.2) is 0 Å². The van der Waals surface area contributed by atoms with Gasteiger partial charge in [0.2, 0.25) is 0 Å². The third-order valence-corrected chi connectivity index (χ3v) is 0. The Balaban J connectivity index is -0.0000000457. The van der Waals surface area contributed by atoms with E-state index in [1.54, 1.807) is 0 Å². The molecule has 0 rings (SSSR count). The molecule has 0 fully saturated rings. The van der Waals surface area contributed by atoms with E-state index in [4.69, 9.17) is 38.5 Å². The SMILES string of the molecule is O=P([O-])(O)O.O=P([O-])([O-])[O-].[Co+2].[Ni+2]. The van der Waals surface area contributed by atoms with Crippen molar-refractivity contribution in [1.29, 1.82) is 0 Å². The molecular weight excluding hydrogens is 308 g/mol. The summed E-state index contributed by atoms with van der Waals surface area (Å²) in [5.41, 5.74) is 0. The van der Waals surface area contributed by atoms with E-state index >= 15 is 0 Å². The van der Waals surface area contributed by atoms with Gasteiger partial charge in [0.25, 0.3) is 7.82 Å². The predicted molar refractivity (Wildman–Crippen MR) is 19.7 cm³/mol. The second-order valence-corrected chi connectivity index (χ2v) is 2.81. The largest absolute Gasteiger partial charge is 2.00 e. The standard InChI is InChI=1S/Co.Ni.2H3O4P/c;;2*1-5(2,3)4/h;;2*(H3,1,2,3,4)/q2*+2;;/p-4. The Morgan fingerprint density at radius 1 is 0.917 bits per heavy atom. The van der Waals surface area contributed by atoms with Gasteiger partial charge in [0.05, 0.1) is 0 Å². The van der Waals surface area contributed by atoms with Crippen molar-refractivity contribution in [2.75, 3.05) is 0 Å². The Hall–Kier alpha value is 1.22. The van der Waals surface area contributed by atoms with Gasteiger partial charge in [-0.1, -0.05) is 0 Å². The van der Waals surface area contributed by atoms with Crippen LogP contribution in [0.2, 0.25) is 0 Å². The molecule has 1 radical (unpaired) electrons. The molecule has 0 aliphatic carbocycles. The second-order valence-electron chi connectivity index (χ2n) is 0.938. The molecule has 79 valence electrons. The van der Waals surface area contributed by atoms with Crippen molar-refractivity contribution in [1.82, 2.24) is 0 Å². The van der Waals surface area contributed by atoms with E-state index < -0.39 is 15.6 Å². The van der Waals surface area contributed by atoms with E-state index in [1.165, 1.54) is 0 Å². The minimum Gasteiger partial charge on any atom is -0.822 e. The summed E-state index contributed by atoms with van der Waals surface area (Å²) in [6.45, 7) is 0. The molecule has 0 aliphatic heterocycles. The summed E-state index contributed by atoms with van der Waals surface area (Å²) in [6.07, 6.45) is 0. The van der Waals surface area contributed by atoms with Gasteiger partial charge in [0, 0.05) is 0 Å². The maximum absolute atomic E-state index is 8.77. The molecule has 0 saturated heterocycles. The molecule has 0 bridgehead atoms. The van der Waals surface area contributed by atoms with Gasteiger partial charge in [-0.3, -0.25) is 4.57 Å². The van der Waals surface area contributed by atoms with Gasteiger partial charge >= 0.3 is 33.3 Å². The third kappa shape index (κ3) is 787. The first kappa shape index (κ1) is 23.2. The first-order valence-electron chi connectivity index (χ1n) is 1.50. The predicted octanol–water partition coefficient (Wildman–Crippen LogP) is -4.39. The van der Waals surface area contributed by atoms with Gasteiger partial charge in [0.1, 0.15) is 0 Å². The summed E-state index contributed by atoms with van der Waals surface area (Å²) < 4.78 is 17.3. The van der Waals surface area contributed by atoms with Gasteiger partial charge in [-0.05, 0) is 0 Å². The molecule has 0 atom stereocenters. The van der Waals surface area contributed by atoms with E-state index in [0.717, 1.165) is 0 Å². The average Bonchev–Trinajstić information content (AvgIpc) is 1.12. The summed E-state index contributed by atoms with van der Waals surface area (Å²) in [5.74, 6) is 0. The summed E-state index contributed by atoms with van der Waals surface area (Å²) >= 11 is 0. The van der Waals surface area contributed by atoms with Crippen molar-refractivity contribution < 1.29 is 71.8 Å². The first-order valence-corrected chi connectivity index (χ1v) is 4.49. The Labute approximate surface area is 87.6 Å². The molecule has 0 aromatic rings. The average molecular weight is 310 g/mol. The van der Waals surface area contributed by atoms with Crippen molar-refractivity contribution in [2.24, 2.45) is 0 Å². The minimum absolute atomic E-state index is 0. The molecule has 0 aromatic carbocycles. The Morgan fingerprint density at radius 3 is 0.917 bits per heavy atom. The van der Waals surface area contributed by atoms with E-state index in [0.29, 0.717) is 0 Å². The van der Waals surface area contributed by atoms with Gasteiger partial charge in [-0.15, -0.1) is 0 Å². The quantitative estimate of drug-likeness (QED) is 0.334. The summed E-state index contributed by atoms with van der Waals surface area (Å²) in [4.78, 5) is 48.6. The molecule has 0 spiro atoms. The summed E-state index contributed by atoms with van der Waals surface area (Å²) in [6, 6.07) is 0. The van der Waals surface area contributed by atoms with Crippen LogP contribution in [-0.2, 0) is 42.4 Å².